The molecule has 2 aliphatic heterocycles. The van der Waals surface area contributed by atoms with Crippen LogP contribution in [0, 0.1) is 0 Å². The molecule has 0 saturated carbocycles. The zero-order valence-electron chi connectivity index (χ0n) is 13.9. The standard InChI is InChI=1S/C17H26N4O2.HI/c18-17(20-13-15-5-3-9-23-15)19-12-14-4-1-2-6-16(14)21-7-10-22-11-8-21;/h1-2,4,6,15H,3,5,7-13H2,(H3,18,19,20);1H. The van der Waals surface area contributed by atoms with Crippen molar-refractivity contribution in [3.63, 3.8) is 0 Å². The molecule has 6 nitrogen and oxygen atoms in total. The number of rotatable bonds is 5. The van der Waals surface area contributed by atoms with Gasteiger partial charge in [0.05, 0.1) is 25.9 Å². The zero-order valence-corrected chi connectivity index (χ0v) is 16.3. The van der Waals surface area contributed by atoms with Crippen molar-refractivity contribution in [3.8, 4) is 0 Å². The van der Waals surface area contributed by atoms with Crippen molar-refractivity contribution in [1.82, 2.24) is 5.32 Å². The second-order valence-electron chi connectivity index (χ2n) is 5.95. The van der Waals surface area contributed by atoms with Crippen molar-refractivity contribution < 1.29 is 9.47 Å². The topological polar surface area (TPSA) is 72.1 Å². The Kier molecular flexibility index (Phi) is 8.07. The van der Waals surface area contributed by atoms with Gasteiger partial charge in [0.2, 0.25) is 0 Å². The number of hydrogen-bond donors (Lipinski definition) is 2. The molecule has 3 N–H and O–H groups in total. The van der Waals surface area contributed by atoms with Gasteiger partial charge in [-0.05, 0) is 24.5 Å². The maximum Gasteiger partial charge on any atom is 0.189 e. The van der Waals surface area contributed by atoms with E-state index in [1.54, 1.807) is 0 Å². The van der Waals surface area contributed by atoms with Gasteiger partial charge in [0.25, 0.3) is 0 Å². The summed E-state index contributed by atoms with van der Waals surface area (Å²) < 4.78 is 11.0. The molecule has 0 aliphatic carbocycles. The Hall–Kier alpha value is -1.06. The number of halogens is 1. The summed E-state index contributed by atoms with van der Waals surface area (Å²) in [6.07, 6.45) is 2.50. The van der Waals surface area contributed by atoms with Crippen molar-refractivity contribution in [2.45, 2.75) is 25.5 Å². The van der Waals surface area contributed by atoms with Crippen molar-refractivity contribution >= 4 is 35.6 Å². The van der Waals surface area contributed by atoms with Crippen LogP contribution in [-0.2, 0) is 16.0 Å². The molecule has 1 aromatic carbocycles. The summed E-state index contributed by atoms with van der Waals surface area (Å²) in [6.45, 7) is 5.58. The lowest BCUT2D eigenvalue weighted by Crippen LogP contribution is -2.37. The van der Waals surface area contributed by atoms with Crippen LogP contribution < -0.4 is 16.0 Å². The van der Waals surface area contributed by atoms with E-state index >= 15 is 0 Å². The minimum Gasteiger partial charge on any atom is -0.378 e. The SMILES string of the molecule is I.NC(=NCc1ccccc1N1CCOCC1)NCC1CCCO1. The first-order chi connectivity index (χ1) is 11.3. The summed E-state index contributed by atoms with van der Waals surface area (Å²) in [4.78, 5) is 6.83. The summed E-state index contributed by atoms with van der Waals surface area (Å²) in [5.41, 5.74) is 8.40. The highest BCUT2D eigenvalue weighted by atomic mass is 127. The van der Waals surface area contributed by atoms with E-state index in [-0.39, 0.29) is 30.1 Å². The van der Waals surface area contributed by atoms with Gasteiger partial charge >= 0.3 is 0 Å². The Labute approximate surface area is 160 Å². The fraction of sp³-hybridized carbons (Fsp3) is 0.588. The Bertz CT molecular complexity index is 529. The van der Waals surface area contributed by atoms with Crippen molar-refractivity contribution in [2.75, 3.05) is 44.4 Å². The fourth-order valence-corrected chi connectivity index (χ4v) is 3.01. The van der Waals surface area contributed by atoms with E-state index in [9.17, 15) is 0 Å². The first-order valence-electron chi connectivity index (χ1n) is 8.39. The summed E-state index contributed by atoms with van der Waals surface area (Å²) in [7, 11) is 0. The Balaban J connectivity index is 0.00000208. The number of para-hydroxylation sites is 1. The van der Waals surface area contributed by atoms with Crippen LogP contribution in [0.1, 0.15) is 18.4 Å². The molecular weight excluding hydrogens is 419 g/mol. The molecule has 134 valence electrons. The normalized spacial score (nSPS) is 21.4. The van der Waals surface area contributed by atoms with E-state index in [2.05, 4.69) is 33.4 Å². The summed E-state index contributed by atoms with van der Waals surface area (Å²) >= 11 is 0. The van der Waals surface area contributed by atoms with Gasteiger partial charge in [0.1, 0.15) is 0 Å². The number of anilines is 1. The molecular formula is C17H27IN4O2. The van der Waals surface area contributed by atoms with Crippen LogP contribution in [0.15, 0.2) is 29.3 Å². The molecule has 1 unspecified atom stereocenters. The predicted octanol–water partition coefficient (Wildman–Crippen LogP) is 1.72. The van der Waals surface area contributed by atoms with Gasteiger partial charge in [0, 0.05) is 31.9 Å². The number of nitrogens with zero attached hydrogens (tertiary/aromatic N) is 2. The van der Waals surface area contributed by atoms with Crippen LogP contribution in [0.2, 0.25) is 0 Å². The van der Waals surface area contributed by atoms with Crippen LogP contribution in [0.4, 0.5) is 5.69 Å². The fourth-order valence-electron chi connectivity index (χ4n) is 3.01. The number of nitrogens with one attached hydrogen (secondary N) is 1. The third-order valence-electron chi connectivity index (χ3n) is 4.30. The molecule has 7 heteroatoms. The molecule has 0 radical (unpaired) electrons. The highest BCUT2D eigenvalue weighted by Crippen LogP contribution is 2.22. The monoisotopic (exact) mass is 446 g/mol. The van der Waals surface area contributed by atoms with Gasteiger partial charge in [0.15, 0.2) is 5.96 Å². The Morgan fingerprint density at radius 1 is 1.25 bits per heavy atom. The van der Waals surface area contributed by atoms with Gasteiger partial charge in [-0.2, -0.15) is 0 Å². The van der Waals surface area contributed by atoms with E-state index in [4.69, 9.17) is 15.2 Å². The molecule has 0 amide bonds. The van der Waals surface area contributed by atoms with Gasteiger partial charge in [-0.25, -0.2) is 4.99 Å². The minimum absolute atomic E-state index is 0. The molecule has 2 aliphatic rings. The molecule has 3 rings (SSSR count). The Morgan fingerprint density at radius 2 is 2.04 bits per heavy atom. The summed E-state index contributed by atoms with van der Waals surface area (Å²) in [5, 5.41) is 3.16. The van der Waals surface area contributed by atoms with Crippen molar-refractivity contribution in [2.24, 2.45) is 10.7 Å². The lowest BCUT2D eigenvalue weighted by Gasteiger charge is -2.30. The van der Waals surface area contributed by atoms with E-state index in [0.29, 0.717) is 12.5 Å². The lowest BCUT2D eigenvalue weighted by molar-refractivity contribution is 0.114. The number of nitrogens with two attached hydrogens (primary N) is 1. The van der Waals surface area contributed by atoms with Crippen molar-refractivity contribution in [1.29, 1.82) is 0 Å². The molecule has 0 aromatic heterocycles. The highest BCUT2D eigenvalue weighted by Gasteiger charge is 2.16. The van der Waals surface area contributed by atoms with Gasteiger partial charge < -0.3 is 25.4 Å². The largest absolute Gasteiger partial charge is 0.378 e. The number of benzene rings is 1. The number of guanidine groups is 1. The highest BCUT2D eigenvalue weighted by molar-refractivity contribution is 14.0. The minimum atomic E-state index is 0. The van der Waals surface area contributed by atoms with E-state index < -0.39 is 0 Å². The predicted molar refractivity (Wildman–Crippen MR) is 107 cm³/mol. The second-order valence-corrected chi connectivity index (χ2v) is 5.95. The lowest BCUT2D eigenvalue weighted by atomic mass is 10.1. The van der Waals surface area contributed by atoms with E-state index in [1.165, 1.54) is 11.3 Å². The van der Waals surface area contributed by atoms with Crippen LogP contribution in [-0.4, -0.2) is 51.5 Å². The van der Waals surface area contributed by atoms with Crippen LogP contribution >= 0.6 is 24.0 Å². The van der Waals surface area contributed by atoms with Gasteiger partial charge in [-0.3, -0.25) is 0 Å². The maximum atomic E-state index is 5.98. The van der Waals surface area contributed by atoms with E-state index in [1.807, 2.05) is 6.07 Å². The zero-order chi connectivity index (χ0) is 15.9. The average Bonchev–Trinajstić information content (AvgIpc) is 3.13. The first-order valence-corrected chi connectivity index (χ1v) is 8.39. The summed E-state index contributed by atoms with van der Waals surface area (Å²) in [6, 6.07) is 8.37. The molecule has 1 atom stereocenters. The number of ether oxygens (including phenoxy) is 2. The van der Waals surface area contributed by atoms with Crippen LogP contribution in [0.25, 0.3) is 0 Å². The molecule has 2 heterocycles. The molecule has 1 aromatic rings. The van der Waals surface area contributed by atoms with Gasteiger partial charge in [-0.1, -0.05) is 18.2 Å². The van der Waals surface area contributed by atoms with Crippen molar-refractivity contribution in [3.05, 3.63) is 29.8 Å². The molecule has 24 heavy (non-hydrogen) atoms. The maximum absolute atomic E-state index is 5.98. The molecule has 2 saturated heterocycles. The molecule has 0 bridgehead atoms. The van der Waals surface area contributed by atoms with Gasteiger partial charge in [-0.15, -0.1) is 24.0 Å². The average molecular weight is 446 g/mol. The first kappa shape index (κ1) is 19.3. The molecule has 0 spiro atoms. The van der Waals surface area contributed by atoms with E-state index in [0.717, 1.165) is 52.3 Å². The summed E-state index contributed by atoms with van der Waals surface area (Å²) in [5.74, 6) is 0.484. The quantitative estimate of drug-likeness (QED) is 0.410. The number of morpholine rings is 1. The number of hydrogen-bond acceptors (Lipinski definition) is 4. The second kappa shape index (κ2) is 10.0. The smallest absolute Gasteiger partial charge is 0.189 e. The Morgan fingerprint density at radius 3 is 2.79 bits per heavy atom. The number of aliphatic imine (C=N–C) groups is 1. The van der Waals surface area contributed by atoms with Crippen LogP contribution in [0.3, 0.4) is 0 Å². The third-order valence-corrected chi connectivity index (χ3v) is 4.30. The third kappa shape index (κ3) is 5.49. The molecule has 2 fully saturated rings. The van der Waals surface area contributed by atoms with Crippen LogP contribution in [0.5, 0.6) is 0 Å².